The first-order chi connectivity index (χ1) is 12.4. The van der Waals surface area contributed by atoms with Gasteiger partial charge in [0.1, 0.15) is 0 Å². The molecule has 0 aliphatic carbocycles. The van der Waals surface area contributed by atoms with Crippen LogP contribution in [0, 0.1) is 0 Å². The third-order valence-electron chi connectivity index (χ3n) is 3.77. The van der Waals surface area contributed by atoms with Gasteiger partial charge in [-0.15, -0.1) is 22.7 Å². The predicted molar refractivity (Wildman–Crippen MR) is 114 cm³/mol. The van der Waals surface area contributed by atoms with Crippen molar-refractivity contribution in [3.05, 3.63) is 23.2 Å². The zero-order valence-corrected chi connectivity index (χ0v) is 17.5. The van der Waals surface area contributed by atoms with E-state index in [0.717, 1.165) is 72.7 Å². The molecule has 3 rings (SSSR count). The molecule has 25 heavy (non-hydrogen) atoms. The molecule has 0 saturated carbocycles. The minimum atomic E-state index is 0.855. The Kier molecular flexibility index (Phi) is 8.70. The van der Waals surface area contributed by atoms with Crippen molar-refractivity contribution in [1.29, 1.82) is 0 Å². The second kappa shape index (κ2) is 11.3. The molecule has 1 aliphatic rings. The van der Waals surface area contributed by atoms with E-state index in [1.165, 1.54) is 0 Å². The first-order valence-electron chi connectivity index (χ1n) is 8.45. The maximum atomic E-state index is 5.72. The fourth-order valence-electron chi connectivity index (χ4n) is 2.48. The summed E-state index contributed by atoms with van der Waals surface area (Å²) in [6, 6.07) is 0. The molecule has 0 radical (unpaired) electrons. The third-order valence-corrected chi connectivity index (χ3v) is 7.29. The van der Waals surface area contributed by atoms with Gasteiger partial charge in [0.25, 0.3) is 0 Å². The quantitative estimate of drug-likeness (QED) is 0.743. The first kappa shape index (κ1) is 19.3. The fraction of sp³-hybridized carbons (Fsp3) is 0.625. The molecular weight excluding hydrogens is 392 g/mol. The number of ether oxygens (including phenoxy) is 1. The Hall–Kier alpha value is -0.480. The van der Waals surface area contributed by atoms with Crippen LogP contribution in [-0.4, -0.2) is 72.4 Å². The summed E-state index contributed by atoms with van der Waals surface area (Å²) >= 11 is 7.37. The van der Waals surface area contributed by atoms with E-state index in [1.54, 1.807) is 22.7 Å². The SMILES string of the molecule is c1csc(N2CCSCCOCCSCCN(c3nccs3)CC2)n1. The van der Waals surface area contributed by atoms with E-state index in [2.05, 4.69) is 30.5 Å². The standard InChI is InChI=1S/C16H24N4OS4/c1-9-24-15(17-1)19-3-4-20(16-18-2-10-25-16)6-12-23-14-8-21-7-13-22-11-5-19/h1-2,9-10H,3-8,11-14H2. The van der Waals surface area contributed by atoms with Crippen LogP contribution in [0.1, 0.15) is 0 Å². The van der Waals surface area contributed by atoms with Crippen molar-refractivity contribution < 1.29 is 4.74 Å². The molecular formula is C16H24N4OS4. The molecule has 0 aromatic carbocycles. The molecule has 0 spiro atoms. The Morgan fingerprint density at radius 3 is 1.68 bits per heavy atom. The minimum Gasteiger partial charge on any atom is -0.380 e. The molecule has 0 N–H and O–H groups in total. The molecule has 138 valence electrons. The van der Waals surface area contributed by atoms with Gasteiger partial charge in [0.2, 0.25) is 0 Å². The van der Waals surface area contributed by atoms with Crippen LogP contribution in [0.3, 0.4) is 0 Å². The lowest BCUT2D eigenvalue weighted by Crippen LogP contribution is -2.37. The van der Waals surface area contributed by atoms with E-state index < -0.39 is 0 Å². The van der Waals surface area contributed by atoms with Gasteiger partial charge in [-0.05, 0) is 0 Å². The van der Waals surface area contributed by atoms with Gasteiger partial charge < -0.3 is 14.5 Å². The van der Waals surface area contributed by atoms with Gasteiger partial charge in [0.05, 0.1) is 13.2 Å². The molecule has 3 heterocycles. The Bertz CT molecular complexity index is 516. The summed E-state index contributed by atoms with van der Waals surface area (Å²) in [5.41, 5.74) is 0. The van der Waals surface area contributed by atoms with E-state index in [1.807, 2.05) is 35.9 Å². The van der Waals surface area contributed by atoms with Gasteiger partial charge in [0.15, 0.2) is 10.3 Å². The van der Waals surface area contributed by atoms with E-state index in [4.69, 9.17) is 4.74 Å². The molecule has 1 saturated heterocycles. The van der Waals surface area contributed by atoms with Crippen LogP contribution in [0.2, 0.25) is 0 Å². The summed E-state index contributed by atoms with van der Waals surface area (Å²) in [5.74, 6) is 4.35. The van der Waals surface area contributed by atoms with Crippen LogP contribution in [0.4, 0.5) is 10.3 Å². The number of anilines is 2. The first-order valence-corrected chi connectivity index (χ1v) is 12.5. The smallest absolute Gasteiger partial charge is 0.185 e. The largest absolute Gasteiger partial charge is 0.380 e. The zero-order valence-electron chi connectivity index (χ0n) is 14.2. The van der Waals surface area contributed by atoms with Gasteiger partial charge in [-0.1, -0.05) is 0 Å². The zero-order chi connectivity index (χ0) is 17.2. The lowest BCUT2D eigenvalue weighted by atomic mass is 10.4. The molecule has 9 heteroatoms. The summed E-state index contributed by atoms with van der Waals surface area (Å²) in [7, 11) is 0. The highest BCUT2D eigenvalue weighted by Crippen LogP contribution is 2.21. The highest BCUT2D eigenvalue weighted by molar-refractivity contribution is 7.99. The van der Waals surface area contributed by atoms with Crippen molar-refractivity contribution in [2.24, 2.45) is 0 Å². The van der Waals surface area contributed by atoms with E-state index in [9.17, 15) is 0 Å². The Morgan fingerprint density at radius 2 is 1.24 bits per heavy atom. The van der Waals surface area contributed by atoms with Crippen molar-refractivity contribution in [1.82, 2.24) is 9.97 Å². The molecule has 0 unspecified atom stereocenters. The lowest BCUT2D eigenvalue weighted by Gasteiger charge is -2.27. The Labute approximate surface area is 166 Å². The van der Waals surface area contributed by atoms with Crippen LogP contribution in [0.5, 0.6) is 0 Å². The van der Waals surface area contributed by atoms with Crippen molar-refractivity contribution >= 4 is 56.5 Å². The minimum absolute atomic E-state index is 0.855. The number of hydrogen-bond donors (Lipinski definition) is 0. The van der Waals surface area contributed by atoms with E-state index in [0.29, 0.717) is 0 Å². The van der Waals surface area contributed by atoms with E-state index in [-0.39, 0.29) is 0 Å². The van der Waals surface area contributed by atoms with E-state index >= 15 is 0 Å². The molecule has 0 atom stereocenters. The number of hydrogen-bond acceptors (Lipinski definition) is 9. The molecule has 5 nitrogen and oxygen atoms in total. The molecule has 2 aromatic rings. The average Bonchev–Trinajstić information content (AvgIpc) is 3.32. The summed E-state index contributed by atoms with van der Waals surface area (Å²) in [6.07, 6.45) is 3.79. The molecule has 1 aliphatic heterocycles. The normalized spacial score (nSPS) is 19.4. The Balaban J connectivity index is 1.64. The summed E-state index contributed by atoms with van der Waals surface area (Å²) in [5, 5.41) is 6.35. The number of aromatic nitrogens is 2. The molecule has 2 aromatic heterocycles. The highest BCUT2D eigenvalue weighted by Gasteiger charge is 2.14. The van der Waals surface area contributed by atoms with Crippen molar-refractivity contribution in [3.8, 4) is 0 Å². The average molecular weight is 417 g/mol. The van der Waals surface area contributed by atoms with Crippen molar-refractivity contribution in [2.75, 3.05) is 72.2 Å². The van der Waals surface area contributed by atoms with Crippen LogP contribution in [0.25, 0.3) is 0 Å². The summed E-state index contributed by atoms with van der Waals surface area (Å²) in [4.78, 5) is 13.9. The predicted octanol–water partition coefficient (Wildman–Crippen LogP) is 3.41. The van der Waals surface area contributed by atoms with Crippen molar-refractivity contribution in [3.63, 3.8) is 0 Å². The monoisotopic (exact) mass is 416 g/mol. The maximum absolute atomic E-state index is 5.72. The second-order valence-electron chi connectivity index (χ2n) is 5.44. The van der Waals surface area contributed by atoms with Crippen LogP contribution >= 0.6 is 46.2 Å². The second-order valence-corrected chi connectivity index (χ2v) is 9.64. The summed E-state index contributed by atoms with van der Waals surface area (Å²) < 4.78 is 5.72. The van der Waals surface area contributed by atoms with Gasteiger partial charge in [-0.2, -0.15) is 23.5 Å². The topological polar surface area (TPSA) is 41.5 Å². The molecule has 1 fully saturated rings. The van der Waals surface area contributed by atoms with Crippen LogP contribution in [-0.2, 0) is 4.74 Å². The third kappa shape index (κ3) is 6.63. The van der Waals surface area contributed by atoms with Gasteiger partial charge in [-0.3, -0.25) is 0 Å². The lowest BCUT2D eigenvalue weighted by molar-refractivity contribution is 0.167. The Morgan fingerprint density at radius 1 is 0.720 bits per heavy atom. The number of thioether (sulfide) groups is 2. The van der Waals surface area contributed by atoms with Crippen LogP contribution < -0.4 is 9.80 Å². The van der Waals surface area contributed by atoms with Gasteiger partial charge in [0, 0.05) is 72.3 Å². The number of rotatable bonds is 2. The van der Waals surface area contributed by atoms with Crippen LogP contribution in [0.15, 0.2) is 23.2 Å². The van der Waals surface area contributed by atoms with Gasteiger partial charge >= 0.3 is 0 Å². The van der Waals surface area contributed by atoms with Gasteiger partial charge in [-0.25, -0.2) is 9.97 Å². The summed E-state index contributed by atoms with van der Waals surface area (Å²) in [6.45, 7) is 5.72. The number of nitrogens with zero attached hydrogens (tertiary/aromatic N) is 4. The highest BCUT2D eigenvalue weighted by atomic mass is 32.2. The molecule has 0 amide bonds. The maximum Gasteiger partial charge on any atom is 0.185 e. The number of thiazole rings is 2. The fourth-order valence-corrected chi connectivity index (χ4v) is 5.46. The molecule has 0 bridgehead atoms. The van der Waals surface area contributed by atoms with Crippen molar-refractivity contribution in [2.45, 2.75) is 0 Å².